The van der Waals surface area contributed by atoms with Gasteiger partial charge in [0.15, 0.2) is 0 Å². The van der Waals surface area contributed by atoms with Crippen LogP contribution in [0, 0.1) is 12.8 Å². The fourth-order valence-corrected chi connectivity index (χ4v) is 2.15. The predicted molar refractivity (Wildman–Crippen MR) is 61.8 cm³/mol. The maximum absolute atomic E-state index is 4.23. The standard InChI is InChI=1S/C12H19N3/c1-9-3-5-11(6-4-9)15-12-7-10(2)13-8-14-12/h7-9,11H,3-6H2,1-2H3,(H,13,14,15). The Balaban J connectivity index is 1.92. The van der Waals surface area contributed by atoms with Crippen molar-refractivity contribution < 1.29 is 0 Å². The van der Waals surface area contributed by atoms with E-state index in [-0.39, 0.29) is 0 Å². The van der Waals surface area contributed by atoms with Crippen LogP contribution in [0.15, 0.2) is 12.4 Å². The minimum absolute atomic E-state index is 0.607. The molecular formula is C12H19N3. The number of nitrogens with one attached hydrogen (secondary N) is 1. The molecule has 3 nitrogen and oxygen atoms in total. The number of nitrogens with zero attached hydrogens (tertiary/aromatic N) is 2. The molecule has 1 N–H and O–H groups in total. The largest absolute Gasteiger partial charge is 0.367 e. The first-order valence-electron chi connectivity index (χ1n) is 5.79. The second-order valence-corrected chi connectivity index (χ2v) is 4.65. The van der Waals surface area contributed by atoms with E-state index in [0.29, 0.717) is 6.04 Å². The number of hydrogen-bond donors (Lipinski definition) is 1. The van der Waals surface area contributed by atoms with Gasteiger partial charge in [0, 0.05) is 17.8 Å². The second kappa shape index (κ2) is 4.60. The van der Waals surface area contributed by atoms with Crippen LogP contribution in [-0.4, -0.2) is 16.0 Å². The lowest BCUT2D eigenvalue weighted by Crippen LogP contribution is -2.25. The number of anilines is 1. The maximum atomic E-state index is 4.23. The van der Waals surface area contributed by atoms with Gasteiger partial charge in [0.05, 0.1) is 0 Å². The predicted octanol–water partition coefficient (Wildman–Crippen LogP) is 2.78. The Morgan fingerprint density at radius 1 is 1.20 bits per heavy atom. The number of aromatic nitrogens is 2. The van der Waals surface area contributed by atoms with E-state index < -0.39 is 0 Å². The Morgan fingerprint density at radius 3 is 2.60 bits per heavy atom. The third kappa shape index (κ3) is 2.91. The van der Waals surface area contributed by atoms with E-state index in [1.54, 1.807) is 6.33 Å². The smallest absolute Gasteiger partial charge is 0.129 e. The molecule has 15 heavy (non-hydrogen) atoms. The van der Waals surface area contributed by atoms with Crippen LogP contribution in [0.25, 0.3) is 0 Å². The van der Waals surface area contributed by atoms with Crippen molar-refractivity contribution in [2.45, 2.75) is 45.6 Å². The highest BCUT2D eigenvalue weighted by atomic mass is 15.0. The van der Waals surface area contributed by atoms with Gasteiger partial charge in [0.25, 0.3) is 0 Å². The topological polar surface area (TPSA) is 37.8 Å². The third-order valence-corrected chi connectivity index (χ3v) is 3.17. The van der Waals surface area contributed by atoms with Crippen molar-refractivity contribution in [2.24, 2.45) is 5.92 Å². The molecule has 0 aliphatic heterocycles. The lowest BCUT2D eigenvalue weighted by Gasteiger charge is -2.27. The van der Waals surface area contributed by atoms with E-state index in [1.165, 1.54) is 25.7 Å². The summed E-state index contributed by atoms with van der Waals surface area (Å²) in [6.07, 6.45) is 6.83. The molecule has 1 heterocycles. The minimum atomic E-state index is 0.607. The van der Waals surface area contributed by atoms with Crippen LogP contribution in [-0.2, 0) is 0 Å². The maximum Gasteiger partial charge on any atom is 0.129 e. The van der Waals surface area contributed by atoms with E-state index in [9.17, 15) is 0 Å². The molecule has 0 saturated heterocycles. The molecule has 2 rings (SSSR count). The molecule has 1 aliphatic carbocycles. The van der Waals surface area contributed by atoms with Gasteiger partial charge in [-0.15, -0.1) is 0 Å². The van der Waals surface area contributed by atoms with Crippen LogP contribution in [0.1, 0.15) is 38.3 Å². The summed E-state index contributed by atoms with van der Waals surface area (Å²) in [6, 6.07) is 2.62. The first-order chi connectivity index (χ1) is 7.24. The Morgan fingerprint density at radius 2 is 1.93 bits per heavy atom. The van der Waals surface area contributed by atoms with Crippen LogP contribution in [0.3, 0.4) is 0 Å². The quantitative estimate of drug-likeness (QED) is 0.806. The van der Waals surface area contributed by atoms with Crippen molar-refractivity contribution in [3.8, 4) is 0 Å². The summed E-state index contributed by atoms with van der Waals surface area (Å²) in [5, 5.41) is 3.49. The van der Waals surface area contributed by atoms with Crippen LogP contribution in [0.4, 0.5) is 5.82 Å². The molecule has 1 aliphatic rings. The average Bonchev–Trinajstić information content (AvgIpc) is 2.22. The zero-order valence-electron chi connectivity index (χ0n) is 9.53. The Hall–Kier alpha value is -1.12. The molecule has 1 saturated carbocycles. The van der Waals surface area contributed by atoms with Crippen molar-refractivity contribution in [2.75, 3.05) is 5.32 Å². The van der Waals surface area contributed by atoms with Crippen molar-refractivity contribution in [3.05, 3.63) is 18.1 Å². The molecule has 1 aromatic rings. The highest BCUT2D eigenvalue weighted by Gasteiger charge is 2.17. The van der Waals surface area contributed by atoms with Gasteiger partial charge in [-0.25, -0.2) is 9.97 Å². The number of aryl methyl sites for hydroxylation is 1. The average molecular weight is 205 g/mol. The summed E-state index contributed by atoms with van der Waals surface area (Å²) >= 11 is 0. The molecule has 0 aromatic carbocycles. The van der Waals surface area contributed by atoms with Crippen molar-refractivity contribution in [3.63, 3.8) is 0 Å². The lowest BCUT2D eigenvalue weighted by molar-refractivity contribution is 0.361. The first kappa shape index (κ1) is 10.4. The van der Waals surface area contributed by atoms with Crippen LogP contribution in [0.2, 0.25) is 0 Å². The molecule has 0 unspecified atom stereocenters. The van der Waals surface area contributed by atoms with E-state index in [4.69, 9.17) is 0 Å². The van der Waals surface area contributed by atoms with Crippen LogP contribution >= 0.6 is 0 Å². The van der Waals surface area contributed by atoms with Gasteiger partial charge in [-0.3, -0.25) is 0 Å². The highest BCUT2D eigenvalue weighted by Crippen LogP contribution is 2.25. The Kier molecular flexibility index (Phi) is 3.19. The summed E-state index contributed by atoms with van der Waals surface area (Å²) in [5.41, 5.74) is 1.02. The van der Waals surface area contributed by atoms with Gasteiger partial charge < -0.3 is 5.32 Å². The molecule has 0 amide bonds. The molecule has 1 fully saturated rings. The molecule has 1 aromatic heterocycles. The van der Waals surface area contributed by atoms with E-state index in [2.05, 4.69) is 22.2 Å². The second-order valence-electron chi connectivity index (χ2n) is 4.65. The normalized spacial score (nSPS) is 26.3. The van der Waals surface area contributed by atoms with E-state index in [1.807, 2.05) is 13.0 Å². The fourth-order valence-electron chi connectivity index (χ4n) is 2.15. The van der Waals surface area contributed by atoms with Crippen LogP contribution < -0.4 is 5.32 Å². The zero-order chi connectivity index (χ0) is 10.7. The molecular weight excluding hydrogens is 186 g/mol. The molecule has 0 spiro atoms. The van der Waals surface area contributed by atoms with E-state index in [0.717, 1.165) is 17.4 Å². The van der Waals surface area contributed by atoms with Gasteiger partial charge in [-0.2, -0.15) is 0 Å². The van der Waals surface area contributed by atoms with Crippen molar-refractivity contribution in [1.29, 1.82) is 0 Å². The summed E-state index contributed by atoms with van der Waals surface area (Å²) < 4.78 is 0. The van der Waals surface area contributed by atoms with E-state index >= 15 is 0 Å². The molecule has 3 heteroatoms. The van der Waals surface area contributed by atoms with Gasteiger partial charge in [-0.05, 0) is 38.5 Å². The van der Waals surface area contributed by atoms with Crippen LogP contribution in [0.5, 0.6) is 0 Å². The zero-order valence-corrected chi connectivity index (χ0v) is 9.53. The third-order valence-electron chi connectivity index (χ3n) is 3.17. The number of rotatable bonds is 2. The first-order valence-corrected chi connectivity index (χ1v) is 5.79. The van der Waals surface area contributed by atoms with Crippen molar-refractivity contribution in [1.82, 2.24) is 9.97 Å². The monoisotopic (exact) mass is 205 g/mol. The summed E-state index contributed by atoms with van der Waals surface area (Å²) in [7, 11) is 0. The minimum Gasteiger partial charge on any atom is -0.367 e. The molecule has 82 valence electrons. The fraction of sp³-hybridized carbons (Fsp3) is 0.667. The lowest BCUT2D eigenvalue weighted by atomic mass is 9.87. The van der Waals surface area contributed by atoms with Gasteiger partial charge >= 0.3 is 0 Å². The Bertz CT molecular complexity index is 316. The highest BCUT2D eigenvalue weighted by molar-refractivity contribution is 5.35. The van der Waals surface area contributed by atoms with Gasteiger partial charge in [0.1, 0.15) is 12.1 Å². The Labute approximate surface area is 91.3 Å². The van der Waals surface area contributed by atoms with Gasteiger partial charge in [0.2, 0.25) is 0 Å². The molecule has 0 radical (unpaired) electrons. The summed E-state index contributed by atoms with van der Waals surface area (Å²) in [6.45, 7) is 4.33. The van der Waals surface area contributed by atoms with Gasteiger partial charge in [-0.1, -0.05) is 6.92 Å². The SMILES string of the molecule is Cc1cc(NC2CCC(C)CC2)ncn1. The summed E-state index contributed by atoms with van der Waals surface area (Å²) in [5.74, 6) is 1.87. The number of hydrogen-bond acceptors (Lipinski definition) is 3. The molecule has 0 bridgehead atoms. The molecule has 0 atom stereocenters. The summed E-state index contributed by atoms with van der Waals surface area (Å²) in [4.78, 5) is 8.32. The van der Waals surface area contributed by atoms with Crippen molar-refractivity contribution >= 4 is 5.82 Å².